The summed E-state index contributed by atoms with van der Waals surface area (Å²) in [5, 5.41) is 0. The molecule has 2 aromatic rings. The number of allylic oxidation sites excluding steroid dienone is 1. The second-order valence-corrected chi connectivity index (χ2v) is 7.15. The van der Waals surface area contributed by atoms with Gasteiger partial charge in [0, 0.05) is 31.8 Å². The molecule has 1 aliphatic heterocycles. The van der Waals surface area contributed by atoms with Gasteiger partial charge in [-0.1, -0.05) is 19.1 Å². The number of carbonyl (C=O) groups is 1. The molecular weight excluding hydrogens is 359 g/mol. The normalized spacial score (nSPS) is 16.3. The highest BCUT2D eigenvalue weighted by atomic mass is 19.1. The Hall–Kier alpha value is -2.83. The van der Waals surface area contributed by atoms with Gasteiger partial charge in [-0.3, -0.25) is 0 Å². The van der Waals surface area contributed by atoms with Crippen molar-refractivity contribution in [1.82, 2.24) is 15.0 Å². The summed E-state index contributed by atoms with van der Waals surface area (Å²) < 4.78 is 18.9. The van der Waals surface area contributed by atoms with Crippen molar-refractivity contribution in [3.8, 4) is 11.6 Å². The number of rotatable bonds is 7. The monoisotopic (exact) mass is 384 g/mol. The summed E-state index contributed by atoms with van der Waals surface area (Å²) in [6.45, 7) is 4.86. The van der Waals surface area contributed by atoms with E-state index in [1.807, 2.05) is 30.0 Å². The van der Waals surface area contributed by atoms with E-state index in [-0.39, 0.29) is 11.7 Å². The number of piperidine rings is 1. The van der Waals surface area contributed by atoms with Crippen molar-refractivity contribution in [2.75, 3.05) is 18.0 Å². The predicted molar refractivity (Wildman–Crippen MR) is 106 cm³/mol. The molecule has 1 aliphatic rings. The van der Waals surface area contributed by atoms with Crippen molar-refractivity contribution in [3.63, 3.8) is 0 Å². The fraction of sp³-hybridized carbons (Fsp3) is 0.429. The Morgan fingerprint density at radius 2 is 1.96 bits per heavy atom. The Labute approximate surface area is 164 Å². The molecule has 6 nitrogen and oxygen atoms in total. The second-order valence-electron chi connectivity index (χ2n) is 7.15. The van der Waals surface area contributed by atoms with Crippen molar-refractivity contribution in [2.24, 2.45) is 5.92 Å². The molecule has 1 saturated heterocycles. The summed E-state index contributed by atoms with van der Waals surface area (Å²) in [5.41, 5.74) is 0.936. The van der Waals surface area contributed by atoms with Crippen LogP contribution in [0.1, 0.15) is 38.7 Å². The van der Waals surface area contributed by atoms with Gasteiger partial charge in [0.15, 0.2) is 5.75 Å². The third-order valence-electron chi connectivity index (χ3n) is 4.53. The minimum absolute atomic E-state index is 0.180. The van der Waals surface area contributed by atoms with Gasteiger partial charge in [-0.25, -0.2) is 19.3 Å². The fourth-order valence-electron chi connectivity index (χ4n) is 3.04. The lowest BCUT2D eigenvalue weighted by Crippen LogP contribution is -2.35. The van der Waals surface area contributed by atoms with Gasteiger partial charge in [0.25, 0.3) is 0 Å². The molecule has 0 aromatic carbocycles. The van der Waals surface area contributed by atoms with Gasteiger partial charge < -0.3 is 14.4 Å². The van der Waals surface area contributed by atoms with Crippen molar-refractivity contribution >= 4 is 17.8 Å². The maximum Gasteiger partial charge on any atom is 0.225 e. The summed E-state index contributed by atoms with van der Waals surface area (Å²) in [4.78, 5) is 26.0. The van der Waals surface area contributed by atoms with Crippen molar-refractivity contribution in [3.05, 3.63) is 42.4 Å². The van der Waals surface area contributed by atoms with Crippen LogP contribution in [0.2, 0.25) is 0 Å². The molecule has 3 heterocycles. The SMILES string of the molecule is CC(=O)C[C@@H](C)/C=C/c1ccc(Oc2cnc(N3CCC(F)CC3)nc2)nc1. The van der Waals surface area contributed by atoms with Crippen LogP contribution < -0.4 is 9.64 Å². The predicted octanol–water partition coefficient (Wildman–Crippen LogP) is 4.23. The number of ketones is 1. The Morgan fingerprint density at radius 3 is 2.57 bits per heavy atom. The van der Waals surface area contributed by atoms with Crippen LogP contribution in [0, 0.1) is 5.92 Å². The number of aromatic nitrogens is 3. The molecule has 0 unspecified atom stereocenters. The minimum atomic E-state index is -0.722. The molecule has 1 atom stereocenters. The highest BCUT2D eigenvalue weighted by molar-refractivity contribution is 5.76. The van der Waals surface area contributed by atoms with Gasteiger partial charge in [-0.15, -0.1) is 0 Å². The molecule has 1 fully saturated rings. The van der Waals surface area contributed by atoms with E-state index < -0.39 is 6.17 Å². The van der Waals surface area contributed by atoms with Crippen LogP contribution in [0.25, 0.3) is 6.08 Å². The maximum absolute atomic E-state index is 13.2. The number of anilines is 1. The molecule has 7 heteroatoms. The van der Waals surface area contributed by atoms with Crippen LogP contribution in [0.5, 0.6) is 11.6 Å². The number of halogens is 1. The first-order valence-electron chi connectivity index (χ1n) is 9.52. The zero-order valence-corrected chi connectivity index (χ0v) is 16.2. The molecule has 0 bridgehead atoms. The largest absolute Gasteiger partial charge is 0.436 e. The number of nitrogens with zero attached hydrogens (tertiary/aromatic N) is 4. The number of alkyl halides is 1. The van der Waals surface area contributed by atoms with E-state index in [9.17, 15) is 9.18 Å². The van der Waals surface area contributed by atoms with Crippen LogP contribution in [0.15, 0.2) is 36.8 Å². The average Bonchev–Trinajstić information content (AvgIpc) is 2.68. The molecule has 3 rings (SSSR count). The van der Waals surface area contributed by atoms with Crippen LogP contribution in [0.3, 0.4) is 0 Å². The van der Waals surface area contributed by atoms with E-state index in [2.05, 4.69) is 15.0 Å². The Balaban J connectivity index is 1.55. The molecule has 0 amide bonds. The van der Waals surface area contributed by atoms with Crippen LogP contribution in [0.4, 0.5) is 10.3 Å². The quantitative estimate of drug-likeness (QED) is 0.712. The summed E-state index contributed by atoms with van der Waals surface area (Å²) in [6.07, 6.45) is 9.70. The molecule has 28 heavy (non-hydrogen) atoms. The van der Waals surface area contributed by atoms with Gasteiger partial charge in [-0.2, -0.15) is 0 Å². The first-order chi connectivity index (χ1) is 13.5. The smallest absolute Gasteiger partial charge is 0.225 e. The van der Waals surface area contributed by atoms with Crippen LogP contribution in [-0.2, 0) is 4.79 Å². The Kier molecular flexibility index (Phi) is 6.68. The summed E-state index contributed by atoms with van der Waals surface area (Å²) >= 11 is 0. The number of hydrogen-bond donors (Lipinski definition) is 0. The zero-order chi connectivity index (χ0) is 19.9. The second kappa shape index (κ2) is 9.39. The fourth-order valence-corrected chi connectivity index (χ4v) is 3.04. The number of Topliss-reactive ketones (excluding diaryl/α,β-unsaturated/α-hetero) is 1. The first-order valence-corrected chi connectivity index (χ1v) is 9.52. The van der Waals surface area contributed by atoms with E-state index >= 15 is 0 Å². The molecular formula is C21H25FN4O2. The van der Waals surface area contributed by atoms with Crippen molar-refractivity contribution < 1.29 is 13.9 Å². The molecule has 0 spiro atoms. The van der Waals surface area contributed by atoms with Crippen LogP contribution in [-0.4, -0.2) is 40.0 Å². The van der Waals surface area contributed by atoms with Gasteiger partial charge in [-0.05, 0) is 37.3 Å². The minimum Gasteiger partial charge on any atom is -0.436 e. The van der Waals surface area contributed by atoms with E-state index in [0.717, 1.165) is 5.56 Å². The molecule has 0 saturated carbocycles. The van der Waals surface area contributed by atoms with E-state index in [0.29, 0.717) is 49.9 Å². The first kappa shape index (κ1) is 19.9. The third-order valence-corrected chi connectivity index (χ3v) is 4.53. The Bertz CT molecular complexity index is 800. The average molecular weight is 384 g/mol. The van der Waals surface area contributed by atoms with Gasteiger partial charge in [0.2, 0.25) is 11.8 Å². The molecule has 148 valence electrons. The van der Waals surface area contributed by atoms with E-state index in [1.165, 1.54) is 0 Å². The lowest BCUT2D eigenvalue weighted by molar-refractivity contribution is -0.117. The topological polar surface area (TPSA) is 68.2 Å². The standard InChI is InChI=1S/C21H25FN4O2/c1-15(11-16(2)27)3-4-17-5-6-20(23-12-17)28-19-13-24-21(25-14-19)26-9-7-18(22)8-10-26/h3-6,12-15,18H,7-11H2,1-2H3/b4-3+/t15-/m0/s1. The highest BCUT2D eigenvalue weighted by Gasteiger charge is 2.20. The molecule has 2 aromatic heterocycles. The Morgan fingerprint density at radius 1 is 1.25 bits per heavy atom. The van der Waals surface area contributed by atoms with Crippen LogP contribution >= 0.6 is 0 Å². The summed E-state index contributed by atoms with van der Waals surface area (Å²) in [7, 11) is 0. The highest BCUT2D eigenvalue weighted by Crippen LogP contribution is 2.22. The van der Waals surface area contributed by atoms with Gasteiger partial charge in [0.1, 0.15) is 12.0 Å². The van der Waals surface area contributed by atoms with Gasteiger partial charge >= 0.3 is 0 Å². The van der Waals surface area contributed by atoms with Crippen molar-refractivity contribution in [2.45, 2.75) is 39.3 Å². The van der Waals surface area contributed by atoms with E-state index in [4.69, 9.17) is 4.74 Å². The number of ether oxygens (including phenoxy) is 1. The lowest BCUT2D eigenvalue weighted by atomic mass is 10.0. The summed E-state index contributed by atoms with van der Waals surface area (Å²) in [5.74, 6) is 1.91. The molecule has 0 N–H and O–H groups in total. The number of carbonyl (C=O) groups excluding carboxylic acids is 1. The summed E-state index contributed by atoms with van der Waals surface area (Å²) in [6, 6.07) is 3.67. The number of pyridine rings is 1. The lowest BCUT2D eigenvalue weighted by Gasteiger charge is -2.28. The molecule has 0 radical (unpaired) electrons. The molecule has 0 aliphatic carbocycles. The maximum atomic E-state index is 13.2. The third kappa shape index (κ3) is 5.84. The zero-order valence-electron chi connectivity index (χ0n) is 16.2. The number of hydrogen-bond acceptors (Lipinski definition) is 6. The van der Waals surface area contributed by atoms with E-state index in [1.54, 1.807) is 31.6 Å². The van der Waals surface area contributed by atoms with Gasteiger partial charge in [0.05, 0.1) is 12.4 Å². The van der Waals surface area contributed by atoms with Crippen molar-refractivity contribution in [1.29, 1.82) is 0 Å².